The Morgan fingerprint density at radius 1 is 1.16 bits per heavy atom. The van der Waals surface area contributed by atoms with Gasteiger partial charge in [-0.3, -0.25) is 0 Å². The maximum absolute atomic E-state index is 11.1. The number of benzene rings is 2. The van der Waals surface area contributed by atoms with Crippen molar-refractivity contribution in [2.24, 2.45) is 0 Å². The minimum Gasteiger partial charge on any atom is -0.493 e. The summed E-state index contributed by atoms with van der Waals surface area (Å²) in [5, 5.41) is 17.5. The first-order valence-electron chi connectivity index (χ1n) is 7.19. The van der Waals surface area contributed by atoms with Crippen LogP contribution in [0.25, 0.3) is 11.5 Å². The largest absolute Gasteiger partial charge is 0.493 e. The van der Waals surface area contributed by atoms with E-state index in [1.165, 1.54) is 25.3 Å². The number of hydrogen-bond acceptors (Lipinski definition) is 6. The fourth-order valence-corrected chi connectivity index (χ4v) is 2.21. The lowest BCUT2D eigenvalue weighted by molar-refractivity contribution is 0.0696. The summed E-state index contributed by atoms with van der Waals surface area (Å²) in [4.78, 5) is 11.1. The Hall–Kier alpha value is -3.06. The normalized spacial score (nSPS) is 10.5. The SMILES string of the molecule is COc1ccc(C(=O)O)cc1OCc1nnc(-c2ccc(Cl)cc2)o1. The molecule has 2 aromatic carbocycles. The number of aromatic carboxylic acids is 1. The summed E-state index contributed by atoms with van der Waals surface area (Å²) in [7, 11) is 1.47. The van der Waals surface area contributed by atoms with Gasteiger partial charge in [0.2, 0.25) is 5.89 Å². The van der Waals surface area contributed by atoms with Crippen LogP contribution < -0.4 is 9.47 Å². The van der Waals surface area contributed by atoms with E-state index in [0.717, 1.165) is 5.56 Å². The van der Waals surface area contributed by atoms with E-state index in [0.29, 0.717) is 16.7 Å². The second-order valence-corrected chi connectivity index (χ2v) is 5.40. The van der Waals surface area contributed by atoms with E-state index in [-0.39, 0.29) is 23.8 Å². The van der Waals surface area contributed by atoms with Crippen LogP contribution in [0.3, 0.4) is 0 Å². The molecule has 8 heteroatoms. The highest BCUT2D eigenvalue weighted by Crippen LogP contribution is 2.29. The van der Waals surface area contributed by atoms with E-state index in [1.807, 2.05) is 0 Å². The van der Waals surface area contributed by atoms with Gasteiger partial charge in [-0.05, 0) is 42.5 Å². The van der Waals surface area contributed by atoms with Gasteiger partial charge in [-0.1, -0.05) is 11.6 Å². The van der Waals surface area contributed by atoms with E-state index in [4.69, 9.17) is 30.6 Å². The van der Waals surface area contributed by atoms with Crippen LogP contribution in [0.15, 0.2) is 46.9 Å². The van der Waals surface area contributed by atoms with E-state index >= 15 is 0 Å². The van der Waals surface area contributed by atoms with Gasteiger partial charge in [0.15, 0.2) is 18.1 Å². The third-order valence-electron chi connectivity index (χ3n) is 3.32. The zero-order valence-corrected chi connectivity index (χ0v) is 13.9. The summed E-state index contributed by atoms with van der Waals surface area (Å²) >= 11 is 5.85. The molecule has 0 fully saturated rings. The highest BCUT2D eigenvalue weighted by molar-refractivity contribution is 6.30. The molecular formula is C17H13ClN2O5. The van der Waals surface area contributed by atoms with Crippen molar-refractivity contribution in [2.45, 2.75) is 6.61 Å². The van der Waals surface area contributed by atoms with Crippen molar-refractivity contribution < 1.29 is 23.8 Å². The number of nitrogens with zero attached hydrogens (tertiary/aromatic N) is 2. The molecule has 3 aromatic rings. The van der Waals surface area contributed by atoms with Gasteiger partial charge in [-0.25, -0.2) is 4.79 Å². The second kappa shape index (κ2) is 7.23. The smallest absolute Gasteiger partial charge is 0.335 e. The standard InChI is InChI=1S/C17H13ClN2O5/c1-23-13-7-4-11(17(21)22)8-14(13)24-9-15-19-20-16(25-15)10-2-5-12(18)6-3-10/h2-8H,9H2,1H3,(H,21,22). The number of halogens is 1. The molecule has 0 bridgehead atoms. The predicted octanol–water partition coefficient (Wildman–Crippen LogP) is 3.68. The first kappa shape index (κ1) is 16.8. The number of ether oxygens (including phenoxy) is 2. The maximum atomic E-state index is 11.1. The lowest BCUT2D eigenvalue weighted by atomic mass is 10.2. The van der Waals surface area contributed by atoms with E-state index < -0.39 is 5.97 Å². The van der Waals surface area contributed by atoms with Crippen LogP contribution in [0.5, 0.6) is 11.5 Å². The van der Waals surface area contributed by atoms with Crippen LogP contribution in [0, 0.1) is 0 Å². The summed E-state index contributed by atoms with van der Waals surface area (Å²) in [5.74, 6) is 0.195. The van der Waals surface area contributed by atoms with Crippen LogP contribution in [0.4, 0.5) is 0 Å². The Bertz CT molecular complexity index is 892. The minimum absolute atomic E-state index is 0.0278. The third kappa shape index (κ3) is 3.89. The Balaban J connectivity index is 1.75. The van der Waals surface area contributed by atoms with Crippen molar-refractivity contribution in [3.8, 4) is 23.0 Å². The van der Waals surface area contributed by atoms with Gasteiger partial charge in [-0.15, -0.1) is 10.2 Å². The molecule has 0 aliphatic carbocycles. The van der Waals surface area contributed by atoms with E-state index in [2.05, 4.69) is 10.2 Å². The summed E-state index contributed by atoms with van der Waals surface area (Å²) in [6, 6.07) is 11.3. The summed E-state index contributed by atoms with van der Waals surface area (Å²) in [6.45, 7) is -0.0278. The van der Waals surface area contributed by atoms with Crippen LogP contribution in [-0.2, 0) is 6.61 Å². The monoisotopic (exact) mass is 360 g/mol. The molecule has 128 valence electrons. The number of carboxylic acids is 1. The van der Waals surface area contributed by atoms with Crippen molar-refractivity contribution in [1.82, 2.24) is 10.2 Å². The summed E-state index contributed by atoms with van der Waals surface area (Å²) in [5.41, 5.74) is 0.816. The van der Waals surface area contributed by atoms with Crippen LogP contribution >= 0.6 is 11.6 Å². The van der Waals surface area contributed by atoms with Crippen molar-refractivity contribution in [1.29, 1.82) is 0 Å². The van der Waals surface area contributed by atoms with Gasteiger partial charge in [0.05, 0.1) is 12.7 Å². The average Bonchev–Trinajstić information content (AvgIpc) is 3.09. The van der Waals surface area contributed by atoms with Gasteiger partial charge < -0.3 is 19.0 Å². The Morgan fingerprint density at radius 3 is 2.60 bits per heavy atom. The molecule has 25 heavy (non-hydrogen) atoms. The minimum atomic E-state index is -1.06. The molecular weight excluding hydrogens is 348 g/mol. The maximum Gasteiger partial charge on any atom is 0.335 e. The molecule has 0 saturated heterocycles. The first-order valence-corrected chi connectivity index (χ1v) is 7.57. The van der Waals surface area contributed by atoms with E-state index in [1.54, 1.807) is 24.3 Å². The highest BCUT2D eigenvalue weighted by Gasteiger charge is 2.13. The van der Waals surface area contributed by atoms with Gasteiger partial charge in [0.25, 0.3) is 5.89 Å². The number of methoxy groups -OCH3 is 1. The predicted molar refractivity (Wildman–Crippen MR) is 89.0 cm³/mol. The molecule has 3 rings (SSSR count). The number of aromatic nitrogens is 2. The van der Waals surface area contributed by atoms with Crippen LogP contribution in [-0.4, -0.2) is 28.4 Å². The topological polar surface area (TPSA) is 94.7 Å². The molecule has 1 heterocycles. The number of hydrogen-bond donors (Lipinski definition) is 1. The number of carbonyl (C=O) groups is 1. The Labute approximate surface area is 147 Å². The third-order valence-corrected chi connectivity index (χ3v) is 3.57. The molecule has 0 aliphatic rings. The van der Waals surface area contributed by atoms with Crippen molar-refractivity contribution >= 4 is 17.6 Å². The molecule has 0 saturated carbocycles. The molecule has 0 spiro atoms. The van der Waals surface area contributed by atoms with Gasteiger partial charge in [0.1, 0.15) is 0 Å². The van der Waals surface area contributed by atoms with E-state index in [9.17, 15) is 4.79 Å². The van der Waals surface area contributed by atoms with Crippen molar-refractivity contribution in [3.63, 3.8) is 0 Å². The molecule has 0 aliphatic heterocycles. The average molecular weight is 361 g/mol. The Kier molecular flexibility index (Phi) is 4.85. The van der Waals surface area contributed by atoms with Crippen molar-refractivity contribution in [3.05, 3.63) is 58.9 Å². The van der Waals surface area contributed by atoms with Gasteiger partial charge >= 0.3 is 5.97 Å². The lowest BCUT2D eigenvalue weighted by Gasteiger charge is -2.09. The quantitative estimate of drug-likeness (QED) is 0.716. The van der Waals surface area contributed by atoms with Crippen LogP contribution in [0.1, 0.15) is 16.2 Å². The molecule has 1 N–H and O–H groups in total. The molecule has 7 nitrogen and oxygen atoms in total. The second-order valence-electron chi connectivity index (χ2n) is 4.97. The molecule has 0 unspecified atom stereocenters. The van der Waals surface area contributed by atoms with Crippen LogP contribution in [0.2, 0.25) is 5.02 Å². The van der Waals surface area contributed by atoms with Gasteiger partial charge in [-0.2, -0.15) is 0 Å². The molecule has 0 amide bonds. The highest BCUT2D eigenvalue weighted by atomic mass is 35.5. The summed E-state index contributed by atoms with van der Waals surface area (Å²) < 4.78 is 16.3. The van der Waals surface area contributed by atoms with Gasteiger partial charge in [0, 0.05) is 10.6 Å². The fraction of sp³-hybridized carbons (Fsp3) is 0.118. The lowest BCUT2D eigenvalue weighted by Crippen LogP contribution is -2.01. The van der Waals surface area contributed by atoms with Crippen molar-refractivity contribution in [2.75, 3.05) is 7.11 Å². The Morgan fingerprint density at radius 2 is 1.92 bits per heavy atom. The molecule has 0 radical (unpaired) electrons. The first-order chi connectivity index (χ1) is 12.1. The molecule has 1 aromatic heterocycles. The zero-order valence-electron chi connectivity index (χ0n) is 13.1. The number of rotatable bonds is 6. The number of carboxylic acid groups (broad SMARTS) is 1. The summed E-state index contributed by atoms with van der Waals surface area (Å²) in [6.07, 6.45) is 0. The fourth-order valence-electron chi connectivity index (χ4n) is 2.08. The molecule has 0 atom stereocenters. The zero-order chi connectivity index (χ0) is 17.8.